The number of aromatic nitrogens is 2. The number of aryl methyl sites for hydroxylation is 1. The number of hydrogen-bond donors (Lipinski definition) is 1. The number of hydrogen-bond acceptors (Lipinski definition) is 2. The third-order valence-corrected chi connectivity index (χ3v) is 3.64. The van der Waals surface area contributed by atoms with Crippen LogP contribution in [0.25, 0.3) is 0 Å². The van der Waals surface area contributed by atoms with Crippen molar-refractivity contribution >= 4 is 0 Å². The highest BCUT2D eigenvalue weighted by molar-refractivity contribution is 5.25. The Balaban J connectivity index is 2.18. The molecule has 0 spiro atoms. The van der Waals surface area contributed by atoms with E-state index >= 15 is 0 Å². The van der Waals surface area contributed by atoms with E-state index in [4.69, 9.17) is 5.73 Å². The molecule has 1 heterocycles. The van der Waals surface area contributed by atoms with Gasteiger partial charge in [-0.15, -0.1) is 0 Å². The minimum atomic E-state index is -4.38. The summed E-state index contributed by atoms with van der Waals surface area (Å²) in [7, 11) is 0. The topological polar surface area (TPSA) is 43.8 Å². The van der Waals surface area contributed by atoms with Crippen LogP contribution in [0.1, 0.15) is 42.6 Å². The van der Waals surface area contributed by atoms with Gasteiger partial charge in [-0.1, -0.05) is 31.2 Å². The van der Waals surface area contributed by atoms with Crippen molar-refractivity contribution in [1.29, 1.82) is 0 Å². The maximum atomic E-state index is 12.6. The molecule has 3 nitrogen and oxygen atoms in total. The van der Waals surface area contributed by atoms with Gasteiger partial charge in [0.1, 0.15) is 0 Å². The molecular formula is C15H18F3N3. The molecule has 0 aliphatic rings. The Morgan fingerprint density at radius 3 is 2.33 bits per heavy atom. The first kappa shape index (κ1) is 15.6. The predicted molar refractivity (Wildman–Crippen MR) is 74.7 cm³/mol. The third-order valence-electron chi connectivity index (χ3n) is 3.64. The molecule has 2 N–H and O–H groups in total. The van der Waals surface area contributed by atoms with Crippen molar-refractivity contribution < 1.29 is 13.2 Å². The van der Waals surface area contributed by atoms with Crippen molar-refractivity contribution in [3.8, 4) is 0 Å². The molecule has 0 saturated heterocycles. The molecule has 6 heteroatoms. The first-order chi connectivity index (χ1) is 9.82. The van der Waals surface area contributed by atoms with Gasteiger partial charge >= 0.3 is 6.18 Å². The van der Waals surface area contributed by atoms with Crippen molar-refractivity contribution in [2.24, 2.45) is 5.73 Å². The fourth-order valence-electron chi connectivity index (χ4n) is 2.13. The van der Waals surface area contributed by atoms with Gasteiger partial charge in [0.25, 0.3) is 0 Å². The lowest BCUT2D eigenvalue weighted by Crippen LogP contribution is -2.23. The summed E-state index contributed by atoms with van der Waals surface area (Å²) >= 11 is 0. The summed E-state index contributed by atoms with van der Waals surface area (Å²) in [6.45, 7) is 3.81. The molecule has 0 amide bonds. The largest absolute Gasteiger partial charge is 0.419 e. The molecule has 2 atom stereocenters. The van der Waals surface area contributed by atoms with Gasteiger partial charge in [-0.25, -0.2) is 0 Å². The molecule has 2 rings (SSSR count). The maximum absolute atomic E-state index is 12.6. The number of rotatable bonds is 4. The van der Waals surface area contributed by atoms with E-state index in [1.165, 1.54) is 10.2 Å². The van der Waals surface area contributed by atoms with Crippen LogP contribution in [-0.2, 0) is 12.6 Å². The number of alkyl halides is 3. The minimum Gasteiger partial charge on any atom is -0.322 e. The number of nitrogens with two attached hydrogens (primary N) is 1. The van der Waals surface area contributed by atoms with Gasteiger partial charge in [0, 0.05) is 6.20 Å². The van der Waals surface area contributed by atoms with Crippen molar-refractivity contribution in [2.75, 3.05) is 0 Å². The zero-order chi connectivity index (χ0) is 15.6. The first-order valence-corrected chi connectivity index (χ1v) is 6.78. The van der Waals surface area contributed by atoms with Gasteiger partial charge in [0.15, 0.2) is 0 Å². The molecule has 1 aromatic carbocycles. The van der Waals surface area contributed by atoms with E-state index in [0.29, 0.717) is 0 Å². The molecule has 0 aliphatic heterocycles. The van der Waals surface area contributed by atoms with Gasteiger partial charge in [0.2, 0.25) is 0 Å². The average Bonchev–Trinajstić information content (AvgIpc) is 2.95. The number of nitrogens with zero attached hydrogens (tertiary/aromatic N) is 2. The van der Waals surface area contributed by atoms with E-state index in [1.54, 1.807) is 6.92 Å². The highest BCUT2D eigenvalue weighted by Gasteiger charge is 2.33. The molecule has 0 fully saturated rings. The summed E-state index contributed by atoms with van der Waals surface area (Å²) in [5.74, 6) is 0. The molecule has 0 bridgehead atoms. The highest BCUT2D eigenvalue weighted by atomic mass is 19.4. The van der Waals surface area contributed by atoms with Gasteiger partial charge in [0.05, 0.1) is 23.8 Å². The zero-order valence-electron chi connectivity index (χ0n) is 11.9. The number of benzene rings is 1. The summed E-state index contributed by atoms with van der Waals surface area (Å²) in [6, 6.07) is 6.99. The summed E-state index contributed by atoms with van der Waals surface area (Å²) in [5.41, 5.74) is 7.45. The monoisotopic (exact) mass is 297 g/mol. The van der Waals surface area contributed by atoms with Crippen LogP contribution in [0.5, 0.6) is 0 Å². The standard InChI is InChI=1S/C15H18F3N3/c1-3-11-4-6-12(7-5-11)14(19)10(2)21-9-13(8-20-21)15(16,17)18/h4-10,14H,3,19H2,1-2H3. The van der Waals surface area contributed by atoms with Crippen LogP contribution in [0.2, 0.25) is 0 Å². The van der Waals surface area contributed by atoms with E-state index < -0.39 is 17.8 Å². The molecular weight excluding hydrogens is 279 g/mol. The molecule has 21 heavy (non-hydrogen) atoms. The first-order valence-electron chi connectivity index (χ1n) is 6.78. The van der Waals surface area contributed by atoms with Crippen LogP contribution >= 0.6 is 0 Å². The van der Waals surface area contributed by atoms with E-state index in [0.717, 1.165) is 24.4 Å². The average molecular weight is 297 g/mol. The maximum Gasteiger partial charge on any atom is 0.419 e. The van der Waals surface area contributed by atoms with E-state index in [-0.39, 0.29) is 6.04 Å². The lowest BCUT2D eigenvalue weighted by molar-refractivity contribution is -0.137. The SMILES string of the molecule is CCc1ccc(C(N)C(C)n2cc(C(F)(F)F)cn2)cc1. The fourth-order valence-corrected chi connectivity index (χ4v) is 2.13. The van der Waals surface area contributed by atoms with E-state index in [1.807, 2.05) is 24.3 Å². The summed E-state index contributed by atoms with van der Waals surface area (Å²) < 4.78 is 39.0. The van der Waals surface area contributed by atoms with Crippen molar-refractivity contribution in [3.05, 3.63) is 53.3 Å². The van der Waals surface area contributed by atoms with Crippen molar-refractivity contribution in [3.63, 3.8) is 0 Å². The lowest BCUT2D eigenvalue weighted by atomic mass is 9.99. The van der Waals surface area contributed by atoms with Gasteiger partial charge in [-0.3, -0.25) is 4.68 Å². The minimum absolute atomic E-state index is 0.367. The Labute approximate surface area is 121 Å². The van der Waals surface area contributed by atoms with Crippen LogP contribution in [0.15, 0.2) is 36.7 Å². The summed E-state index contributed by atoms with van der Waals surface area (Å²) in [5, 5.41) is 3.78. The quantitative estimate of drug-likeness (QED) is 0.934. The van der Waals surface area contributed by atoms with Crippen molar-refractivity contribution in [1.82, 2.24) is 9.78 Å². The van der Waals surface area contributed by atoms with Crippen molar-refractivity contribution in [2.45, 2.75) is 38.5 Å². The van der Waals surface area contributed by atoms with Crippen LogP contribution in [0.3, 0.4) is 0 Å². The molecule has 0 radical (unpaired) electrons. The Bertz CT molecular complexity index is 587. The summed E-state index contributed by atoms with van der Waals surface area (Å²) in [6.07, 6.45) is -1.64. The Morgan fingerprint density at radius 1 is 1.24 bits per heavy atom. The Hall–Kier alpha value is -1.82. The highest BCUT2D eigenvalue weighted by Crippen LogP contribution is 2.30. The fraction of sp³-hybridized carbons (Fsp3) is 0.400. The Kier molecular flexibility index (Phi) is 4.37. The molecule has 0 saturated carbocycles. The van der Waals surface area contributed by atoms with Gasteiger partial charge in [-0.05, 0) is 24.5 Å². The normalized spacial score (nSPS) is 15.0. The van der Waals surface area contributed by atoms with Crippen LogP contribution in [0.4, 0.5) is 13.2 Å². The number of halogens is 3. The summed E-state index contributed by atoms with van der Waals surface area (Å²) in [4.78, 5) is 0. The van der Waals surface area contributed by atoms with Crippen LogP contribution in [-0.4, -0.2) is 9.78 Å². The van der Waals surface area contributed by atoms with E-state index in [2.05, 4.69) is 12.0 Å². The van der Waals surface area contributed by atoms with Crippen LogP contribution < -0.4 is 5.73 Å². The second-order valence-corrected chi connectivity index (χ2v) is 5.07. The molecule has 114 valence electrons. The third kappa shape index (κ3) is 3.44. The molecule has 0 aliphatic carbocycles. The van der Waals surface area contributed by atoms with Crippen LogP contribution in [0, 0.1) is 0 Å². The second kappa shape index (κ2) is 5.89. The van der Waals surface area contributed by atoms with E-state index in [9.17, 15) is 13.2 Å². The van der Waals surface area contributed by atoms with Gasteiger partial charge in [-0.2, -0.15) is 18.3 Å². The smallest absolute Gasteiger partial charge is 0.322 e. The zero-order valence-corrected chi connectivity index (χ0v) is 11.9. The molecule has 2 aromatic rings. The predicted octanol–water partition coefficient (Wildman–Crippen LogP) is 3.73. The second-order valence-electron chi connectivity index (χ2n) is 5.07. The Morgan fingerprint density at radius 2 is 1.86 bits per heavy atom. The van der Waals surface area contributed by atoms with Gasteiger partial charge < -0.3 is 5.73 Å². The molecule has 2 unspecified atom stereocenters. The molecule has 1 aromatic heterocycles. The lowest BCUT2D eigenvalue weighted by Gasteiger charge is -2.21.